The fourth-order valence-corrected chi connectivity index (χ4v) is 1.90. The Kier molecular flexibility index (Phi) is 5.06. The van der Waals surface area contributed by atoms with E-state index in [0.29, 0.717) is 6.10 Å². The van der Waals surface area contributed by atoms with E-state index in [1.165, 1.54) is 32.1 Å². The lowest BCUT2D eigenvalue weighted by molar-refractivity contribution is 0.143. The molecular weight excluding hydrogens is 180 g/mol. The molecule has 0 aromatic rings. The van der Waals surface area contributed by atoms with Crippen molar-refractivity contribution in [3.05, 3.63) is 12.7 Å². The van der Waals surface area contributed by atoms with Gasteiger partial charge in [0.1, 0.15) is 0 Å². The van der Waals surface area contributed by atoms with Crippen molar-refractivity contribution in [3.8, 4) is 0 Å². The third kappa shape index (κ3) is 4.41. The molecule has 0 radical (unpaired) electrons. The Bertz CT molecular complexity index is 171. The van der Waals surface area contributed by atoms with Crippen molar-refractivity contribution < 1.29 is 4.74 Å². The first kappa shape index (κ1) is 10.7. The summed E-state index contributed by atoms with van der Waals surface area (Å²) < 4.78 is 5.68. The largest absolute Gasteiger partial charge is 0.484 e. The van der Waals surface area contributed by atoms with Gasteiger partial charge in [-0.15, -0.1) is 6.58 Å². The lowest BCUT2D eigenvalue weighted by atomic mass is 9.98. The van der Waals surface area contributed by atoms with Gasteiger partial charge in [0.15, 0.2) is 5.05 Å². The molecule has 2 heteroatoms. The van der Waals surface area contributed by atoms with Crippen LogP contribution in [0.25, 0.3) is 0 Å². The molecule has 0 saturated heterocycles. The molecule has 0 spiro atoms. The van der Waals surface area contributed by atoms with Gasteiger partial charge in [-0.05, 0) is 44.3 Å². The van der Waals surface area contributed by atoms with E-state index in [-0.39, 0.29) is 0 Å². The second-order valence-electron chi connectivity index (χ2n) is 3.58. The van der Waals surface area contributed by atoms with Crippen LogP contribution in [-0.4, -0.2) is 11.2 Å². The summed E-state index contributed by atoms with van der Waals surface area (Å²) in [7, 11) is 0. The minimum absolute atomic E-state index is 0.408. The molecule has 0 unspecified atom stereocenters. The summed E-state index contributed by atoms with van der Waals surface area (Å²) in [6.45, 7) is 3.66. The Morgan fingerprint density at radius 1 is 1.38 bits per heavy atom. The molecule has 0 N–H and O–H groups in total. The fourth-order valence-electron chi connectivity index (χ4n) is 1.65. The van der Waals surface area contributed by atoms with Crippen molar-refractivity contribution >= 4 is 17.3 Å². The molecule has 1 nitrogen and oxygen atoms in total. The van der Waals surface area contributed by atoms with Crippen LogP contribution >= 0.6 is 12.2 Å². The molecule has 1 rings (SSSR count). The zero-order valence-corrected chi connectivity index (χ0v) is 8.94. The van der Waals surface area contributed by atoms with Crippen molar-refractivity contribution in [1.29, 1.82) is 0 Å². The maximum atomic E-state index is 5.68. The molecule has 0 aromatic heterocycles. The Morgan fingerprint density at radius 3 is 2.69 bits per heavy atom. The zero-order valence-electron chi connectivity index (χ0n) is 8.13. The normalized spacial score (nSPS) is 18.2. The van der Waals surface area contributed by atoms with Crippen molar-refractivity contribution in [2.45, 2.75) is 51.0 Å². The highest BCUT2D eigenvalue weighted by atomic mass is 32.1. The van der Waals surface area contributed by atoms with Gasteiger partial charge < -0.3 is 4.74 Å². The van der Waals surface area contributed by atoms with Gasteiger partial charge >= 0.3 is 0 Å². The molecule has 0 amide bonds. The summed E-state index contributed by atoms with van der Waals surface area (Å²) in [5, 5.41) is 0.770. The van der Waals surface area contributed by atoms with Crippen molar-refractivity contribution in [3.63, 3.8) is 0 Å². The van der Waals surface area contributed by atoms with Gasteiger partial charge in [-0.1, -0.05) is 12.5 Å². The van der Waals surface area contributed by atoms with Crippen molar-refractivity contribution in [1.82, 2.24) is 0 Å². The number of allylic oxidation sites excluding steroid dienone is 1. The number of hydrogen-bond acceptors (Lipinski definition) is 2. The number of thiocarbonyl (C=S) groups is 1. The lowest BCUT2D eigenvalue weighted by Crippen LogP contribution is -2.19. The molecule has 74 valence electrons. The highest BCUT2D eigenvalue weighted by molar-refractivity contribution is 7.80. The summed E-state index contributed by atoms with van der Waals surface area (Å²) >= 11 is 5.13. The predicted molar refractivity (Wildman–Crippen MR) is 60.0 cm³/mol. The van der Waals surface area contributed by atoms with E-state index in [9.17, 15) is 0 Å². The molecule has 0 bridgehead atoms. The average molecular weight is 198 g/mol. The summed E-state index contributed by atoms with van der Waals surface area (Å²) in [5.41, 5.74) is 0. The van der Waals surface area contributed by atoms with E-state index in [1.807, 2.05) is 6.08 Å². The predicted octanol–water partition coefficient (Wildman–Crippen LogP) is 3.63. The van der Waals surface area contributed by atoms with Crippen LogP contribution in [0.5, 0.6) is 0 Å². The fraction of sp³-hybridized carbons (Fsp3) is 0.727. The lowest BCUT2D eigenvalue weighted by Gasteiger charge is -2.22. The molecule has 1 fully saturated rings. The SMILES string of the molecule is C=CCCC(=S)OC1CCCCC1. The molecule has 13 heavy (non-hydrogen) atoms. The van der Waals surface area contributed by atoms with Crippen LogP contribution < -0.4 is 0 Å². The molecule has 1 aliphatic rings. The molecule has 1 saturated carbocycles. The zero-order chi connectivity index (χ0) is 9.52. The molecule has 0 heterocycles. The molecular formula is C11H18OS. The van der Waals surface area contributed by atoms with Crippen LogP contribution in [0, 0.1) is 0 Å². The minimum Gasteiger partial charge on any atom is -0.484 e. The quantitative estimate of drug-likeness (QED) is 0.504. The summed E-state index contributed by atoms with van der Waals surface area (Å²) in [6, 6.07) is 0. The van der Waals surface area contributed by atoms with Crippen LogP contribution in [0.15, 0.2) is 12.7 Å². The summed E-state index contributed by atoms with van der Waals surface area (Å²) in [6.07, 6.45) is 10.4. The first-order valence-electron chi connectivity index (χ1n) is 5.13. The van der Waals surface area contributed by atoms with E-state index in [1.54, 1.807) is 0 Å². The van der Waals surface area contributed by atoms with Gasteiger partial charge in [-0.2, -0.15) is 0 Å². The van der Waals surface area contributed by atoms with E-state index in [0.717, 1.165) is 17.9 Å². The van der Waals surface area contributed by atoms with Crippen LogP contribution in [0.1, 0.15) is 44.9 Å². The number of ether oxygens (including phenoxy) is 1. The van der Waals surface area contributed by atoms with Gasteiger partial charge in [-0.25, -0.2) is 0 Å². The molecule has 0 aliphatic heterocycles. The Hall–Kier alpha value is -0.370. The molecule has 0 atom stereocenters. The maximum absolute atomic E-state index is 5.68. The highest BCUT2D eigenvalue weighted by Crippen LogP contribution is 2.21. The van der Waals surface area contributed by atoms with Crippen LogP contribution in [0.4, 0.5) is 0 Å². The Labute approximate surface area is 86.2 Å². The van der Waals surface area contributed by atoms with Gasteiger partial charge in [0.05, 0.1) is 6.10 Å². The Balaban J connectivity index is 2.14. The first-order valence-corrected chi connectivity index (χ1v) is 5.54. The minimum atomic E-state index is 0.408. The van der Waals surface area contributed by atoms with Crippen molar-refractivity contribution in [2.24, 2.45) is 0 Å². The van der Waals surface area contributed by atoms with Crippen LogP contribution in [-0.2, 0) is 4.74 Å². The van der Waals surface area contributed by atoms with E-state index < -0.39 is 0 Å². The number of hydrogen-bond donors (Lipinski definition) is 0. The van der Waals surface area contributed by atoms with E-state index >= 15 is 0 Å². The third-order valence-electron chi connectivity index (χ3n) is 2.40. The maximum Gasteiger partial charge on any atom is 0.160 e. The number of rotatable bonds is 4. The topological polar surface area (TPSA) is 9.23 Å². The summed E-state index contributed by atoms with van der Waals surface area (Å²) in [5.74, 6) is 0. The summed E-state index contributed by atoms with van der Waals surface area (Å²) in [4.78, 5) is 0. The third-order valence-corrected chi connectivity index (χ3v) is 2.70. The van der Waals surface area contributed by atoms with Gasteiger partial charge in [-0.3, -0.25) is 0 Å². The smallest absolute Gasteiger partial charge is 0.160 e. The van der Waals surface area contributed by atoms with Gasteiger partial charge in [0, 0.05) is 6.42 Å². The second-order valence-corrected chi connectivity index (χ2v) is 4.03. The van der Waals surface area contributed by atoms with E-state index in [2.05, 4.69) is 6.58 Å². The van der Waals surface area contributed by atoms with Gasteiger partial charge in [0.25, 0.3) is 0 Å². The molecule has 1 aliphatic carbocycles. The second kappa shape index (κ2) is 6.14. The average Bonchev–Trinajstić information content (AvgIpc) is 2.16. The Morgan fingerprint density at radius 2 is 2.08 bits per heavy atom. The first-order chi connectivity index (χ1) is 6.33. The van der Waals surface area contributed by atoms with E-state index in [4.69, 9.17) is 17.0 Å². The molecule has 0 aromatic carbocycles. The monoisotopic (exact) mass is 198 g/mol. The highest BCUT2D eigenvalue weighted by Gasteiger charge is 2.15. The van der Waals surface area contributed by atoms with Crippen LogP contribution in [0.3, 0.4) is 0 Å². The van der Waals surface area contributed by atoms with Crippen molar-refractivity contribution in [2.75, 3.05) is 0 Å². The standard InChI is InChI=1S/C11H18OS/c1-2-3-9-11(13)12-10-7-5-4-6-8-10/h2,10H,1,3-9H2. The van der Waals surface area contributed by atoms with Gasteiger partial charge in [0.2, 0.25) is 0 Å². The van der Waals surface area contributed by atoms with Crippen LogP contribution in [0.2, 0.25) is 0 Å².